The van der Waals surface area contributed by atoms with E-state index < -0.39 is 0 Å². The maximum Gasteiger partial charge on any atom is 0.0593 e. The van der Waals surface area contributed by atoms with E-state index in [2.05, 4.69) is 34.7 Å². The number of hydrogen-bond acceptors (Lipinski definition) is 3. The van der Waals surface area contributed by atoms with Crippen molar-refractivity contribution in [2.24, 2.45) is 5.41 Å². The average Bonchev–Trinajstić information content (AvgIpc) is 2.48. The second-order valence-corrected chi connectivity index (χ2v) is 6.43. The van der Waals surface area contributed by atoms with Crippen LogP contribution in [0.2, 0.25) is 0 Å². The van der Waals surface area contributed by atoms with Crippen LogP contribution < -0.4 is 0 Å². The van der Waals surface area contributed by atoms with Crippen LogP contribution in [0.5, 0.6) is 0 Å². The van der Waals surface area contributed by atoms with Gasteiger partial charge in [0, 0.05) is 38.2 Å². The van der Waals surface area contributed by atoms with Gasteiger partial charge >= 0.3 is 0 Å². The van der Waals surface area contributed by atoms with E-state index in [0.29, 0.717) is 5.41 Å². The van der Waals surface area contributed by atoms with Crippen LogP contribution in [0.4, 0.5) is 0 Å². The van der Waals surface area contributed by atoms with Crippen molar-refractivity contribution in [3.63, 3.8) is 0 Å². The van der Waals surface area contributed by atoms with E-state index in [1.165, 1.54) is 38.6 Å². The van der Waals surface area contributed by atoms with Crippen LogP contribution in [0.1, 0.15) is 46.0 Å². The van der Waals surface area contributed by atoms with Crippen molar-refractivity contribution < 1.29 is 9.47 Å². The van der Waals surface area contributed by atoms with Gasteiger partial charge in [-0.1, -0.05) is 35.2 Å². The molecule has 4 heteroatoms. The van der Waals surface area contributed by atoms with E-state index in [0.717, 1.165) is 44.8 Å². The van der Waals surface area contributed by atoms with E-state index in [1.54, 1.807) is 0 Å². The zero-order chi connectivity index (χ0) is 14.7. The summed E-state index contributed by atoms with van der Waals surface area (Å²) in [6, 6.07) is 0. The molecule has 0 atom stereocenters. The molecule has 0 spiro atoms. The molecular weight excluding hydrogens is 318 g/mol. The summed E-state index contributed by atoms with van der Waals surface area (Å²) in [6.45, 7) is 10.6. The molecule has 1 saturated carbocycles. The van der Waals surface area contributed by atoms with E-state index >= 15 is 0 Å². The van der Waals surface area contributed by atoms with Crippen molar-refractivity contribution >= 4 is 15.9 Å². The lowest BCUT2D eigenvalue weighted by atomic mass is 9.75. The summed E-state index contributed by atoms with van der Waals surface area (Å²) in [4.78, 5) is 2.54. The number of hydrogen-bond donors (Lipinski definition) is 0. The highest BCUT2D eigenvalue weighted by molar-refractivity contribution is 9.09. The fraction of sp³-hybridized carbons (Fsp3) is 1.00. The Labute approximate surface area is 133 Å². The van der Waals surface area contributed by atoms with Gasteiger partial charge in [-0.15, -0.1) is 0 Å². The Kier molecular flexibility index (Phi) is 10.1. The highest BCUT2D eigenvalue weighted by Gasteiger charge is 2.32. The summed E-state index contributed by atoms with van der Waals surface area (Å²) >= 11 is 3.77. The molecule has 3 nitrogen and oxygen atoms in total. The summed E-state index contributed by atoms with van der Waals surface area (Å²) in [5.41, 5.74) is 0.469. The lowest BCUT2D eigenvalue weighted by molar-refractivity contribution is 0.0537. The minimum atomic E-state index is 0.469. The predicted octanol–water partition coefficient (Wildman–Crippen LogP) is 3.71. The lowest BCUT2D eigenvalue weighted by Gasteiger charge is -2.40. The number of ether oxygens (including phenoxy) is 2. The summed E-state index contributed by atoms with van der Waals surface area (Å²) < 4.78 is 11.1. The number of alkyl halides is 1. The van der Waals surface area contributed by atoms with Gasteiger partial charge in [-0.2, -0.15) is 0 Å². The zero-order valence-electron chi connectivity index (χ0n) is 13.3. The van der Waals surface area contributed by atoms with Crippen LogP contribution in [-0.2, 0) is 9.47 Å². The van der Waals surface area contributed by atoms with Crippen LogP contribution >= 0.6 is 15.9 Å². The van der Waals surface area contributed by atoms with E-state index in [-0.39, 0.29) is 0 Å². The molecule has 0 aromatic carbocycles. The second kappa shape index (κ2) is 11.0. The molecule has 1 rings (SSSR count). The van der Waals surface area contributed by atoms with Gasteiger partial charge in [-0.3, -0.25) is 4.90 Å². The molecule has 20 heavy (non-hydrogen) atoms. The molecular formula is C16H32BrNO2. The topological polar surface area (TPSA) is 21.7 Å². The monoisotopic (exact) mass is 349 g/mol. The van der Waals surface area contributed by atoms with Crippen LogP contribution in [0.25, 0.3) is 0 Å². The zero-order valence-corrected chi connectivity index (χ0v) is 14.9. The molecule has 0 amide bonds. The highest BCUT2D eigenvalue weighted by Crippen LogP contribution is 2.38. The third-order valence-corrected chi connectivity index (χ3v) is 5.46. The lowest BCUT2D eigenvalue weighted by Crippen LogP contribution is -2.43. The van der Waals surface area contributed by atoms with Crippen molar-refractivity contribution in [1.82, 2.24) is 4.90 Å². The standard InChI is InChI=1S/C16H32BrNO2/c1-3-19-12-10-18(11-13-20-4-2)15-16(14-17)8-6-5-7-9-16/h3-15H2,1-2H3. The Hall–Kier alpha value is 0.360. The predicted molar refractivity (Wildman–Crippen MR) is 88.7 cm³/mol. The Morgan fingerprint density at radius 3 is 1.95 bits per heavy atom. The van der Waals surface area contributed by atoms with Crippen molar-refractivity contribution in [3.8, 4) is 0 Å². The van der Waals surface area contributed by atoms with Crippen molar-refractivity contribution in [2.45, 2.75) is 46.0 Å². The van der Waals surface area contributed by atoms with E-state index in [4.69, 9.17) is 9.47 Å². The molecule has 1 aliphatic carbocycles. The smallest absolute Gasteiger partial charge is 0.0593 e. The van der Waals surface area contributed by atoms with Crippen LogP contribution in [0, 0.1) is 5.41 Å². The van der Waals surface area contributed by atoms with Gasteiger partial charge in [0.15, 0.2) is 0 Å². The fourth-order valence-electron chi connectivity index (χ4n) is 3.06. The van der Waals surface area contributed by atoms with Gasteiger partial charge in [-0.25, -0.2) is 0 Å². The van der Waals surface area contributed by atoms with Gasteiger partial charge in [0.1, 0.15) is 0 Å². The molecule has 0 heterocycles. The molecule has 0 saturated heterocycles. The fourth-order valence-corrected chi connectivity index (χ4v) is 3.79. The van der Waals surface area contributed by atoms with Crippen molar-refractivity contribution in [1.29, 1.82) is 0 Å². The highest BCUT2D eigenvalue weighted by atomic mass is 79.9. The first-order valence-electron chi connectivity index (χ1n) is 8.20. The SMILES string of the molecule is CCOCCN(CCOCC)CC1(CBr)CCCCC1. The quantitative estimate of drug-likeness (QED) is 0.419. The van der Waals surface area contributed by atoms with Crippen molar-refractivity contribution in [3.05, 3.63) is 0 Å². The number of rotatable bonds is 11. The molecule has 0 aromatic rings. The summed E-state index contributed by atoms with van der Waals surface area (Å²) in [7, 11) is 0. The van der Waals surface area contributed by atoms with Gasteiger partial charge in [-0.05, 0) is 32.1 Å². The van der Waals surface area contributed by atoms with Gasteiger partial charge in [0.05, 0.1) is 13.2 Å². The molecule has 0 N–H and O–H groups in total. The summed E-state index contributed by atoms with van der Waals surface area (Å²) in [5.74, 6) is 0. The molecule has 0 bridgehead atoms. The molecule has 120 valence electrons. The van der Waals surface area contributed by atoms with E-state index in [1.807, 2.05) is 0 Å². The Balaban J connectivity index is 2.46. The second-order valence-electron chi connectivity index (χ2n) is 5.86. The van der Waals surface area contributed by atoms with Crippen LogP contribution in [-0.4, -0.2) is 56.3 Å². The van der Waals surface area contributed by atoms with Crippen LogP contribution in [0.15, 0.2) is 0 Å². The first-order chi connectivity index (χ1) is 9.76. The maximum absolute atomic E-state index is 5.53. The van der Waals surface area contributed by atoms with Crippen molar-refractivity contribution in [2.75, 3.05) is 51.4 Å². The molecule has 0 radical (unpaired) electrons. The van der Waals surface area contributed by atoms with Gasteiger partial charge < -0.3 is 9.47 Å². The third-order valence-electron chi connectivity index (χ3n) is 4.27. The Bertz CT molecular complexity index is 223. The first kappa shape index (κ1) is 18.4. The Morgan fingerprint density at radius 1 is 0.950 bits per heavy atom. The van der Waals surface area contributed by atoms with Gasteiger partial charge in [0.2, 0.25) is 0 Å². The molecule has 1 fully saturated rings. The van der Waals surface area contributed by atoms with Crippen LogP contribution in [0.3, 0.4) is 0 Å². The van der Waals surface area contributed by atoms with E-state index in [9.17, 15) is 0 Å². The molecule has 0 aromatic heterocycles. The molecule has 0 aliphatic heterocycles. The van der Waals surface area contributed by atoms with Gasteiger partial charge in [0.25, 0.3) is 0 Å². The number of nitrogens with zero attached hydrogens (tertiary/aromatic N) is 1. The third kappa shape index (κ3) is 6.88. The minimum Gasteiger partial charge on any atom is -0.380 e. The first-order valence-corrected chi connectivity index (χ1v) is 9.32. The summed E-state index contributed by atoms with van der Waals surface area (Å²) in [6.07, 6.45) is 6.90. The average molecular weight is 350 g/mol. The summed E-state index contributed by atoms with van der Waals surface area (Å²) in [5, 5.41) is 1.12. The normalized spacial score (nSPS) is 18.6. The molecule has 1 aliphatic rings. The molecule has 0 unspecified atom stereocenters. The largest absolute Gasteiger partial charge is 0.380 e. The Morgan fingerprint density at radius 2 is 1.50 bits per heavy atom. The number of halogens is 1. The maximum atomic E-state index is 5.53. The minimum absolute atomic E-state index is 0.469.